The van der Waals surface area contributed by atoms with Gasteiger partial charge in [0.1, 0.15) is 42.1 Å². The number of nitrogens with one attached hydrogen (secondary N) is 2. The van der Waals surface area contributed by atoms with E-state index in [0.29, 0.717) is 0 Å². The van der Waals surface area contributed by atoms with Crippen LogP contribution in [0.5, 0.6) is 0 Å². The van der Waals surface area contributed by atoms with Gasteiger partial charge >= 0.3 is 20.3 Å². The first-order valence-corrected chi connectivity index (χ1v) is 15.5. The fourth-order valence-electron chi connectivity index (χ4n) is 3.76. The van der Waals surface area contributed by atoms with Crippen LogP contribution in [0.4, 0.5) is 0 Å². The molecule has 0 radical (unpaired) electrons. The summed E-state index contributed by atoms with van der Waals surface area (Å²) in [6.07, 6.45) is -10.6. The predicted molar refractivity (Wildman–Crippen MR) is 127 cm³/mol. The standard InChI is InChI=1S/C17H27N3O16P2S/c1-6(22)18-10-13(26)11(24)7(4-21)35-16(10)39-38(31,32)36-37(29,30)33-5-8-12(25)14(27)15(34-8)20-3-2-9(23)19-17(20)28/h2-3,7-8,10-16,21,24-27H,4-5H2,1H3,(H,18,22)(H,29,30)(H,31,32)(H,19,23,28)/t7-,8-,10?,11-,12-,13-,14-,15-,16-/m1/s1. The highest BCUT2D eigenvalue weighted by Gasteiger charge is 2.50. The van der Waals surface area contributed by atoms with Crippen LogP contribution < -0.4 is 16.6 Å². The number of carbonyl (C=O) groups excluding carboxylic acids is 1. The monoisotopic (exact) mass is 623 g/mol. The Bertz CT molecular complexity index is 1240. The molecule has 2 saturated heterocycles. The van der Waals surface area contributed by atoms with Gasteiger partial charge in [-0.3, -0.25) is 23.7 Å². The summed E-state index contributed by atoms with van der Waals surface area (Å²) in [7, 11) is -5.41. The van der Waals surface area contributed by atoms with Gasteiger partial charge < -0.3 is 50.1 Å². The zero-order valence-corrected chi connectivity index (χ0v) is 22.4. The molecule has 9 N–H and O–H groups in total. The van der Waals surface area contributed by atoms with Crippen molar-refractivity contribution >= 4 is 31.9 Å². The molecule has 11 atom stereocenters. The van der Waals surface area contributed by atoms with Gasteiger partial charge in [-0.15, -0.1) is 0 Å². The normalized spacial score (nSPS) is 36.2. The number of phosphoric acid groups is 1. The van der Waals surface area contributed by atoms with E-state index in [4.69, 9.17) is 9.47 Å². The highest BCUT2D eigenvalue weighted by Crippen LogP contribution is 2.68. The molecule has 0 saturated carbocycles. The van der Waals surface area contributed by atoms with E-state index < -0.39 is 99.3 Å². The van der Waals surface area contributed by atoms with E-state index in [0.717, 1.165) is 23.8 Å². The van der Waals surface area contributed by atoms with E-state index in [9.17, 15) is 58.8 Å². The number of aromatic nitrogens is 2. The van der Waals surface area contributed by atoms with Gasteiger partial charge in [-0.25, -0.2) is 13.9 Å². The lowest BCUT2D eigenvalue weighted by molar-refractivity contribution is -0.173. The molecule has 2 fully saturated rings. The number of rotatable bonds is 10. The molecule has 0 bridgehead atoms. The molecule has 22 heteroatoms. The average molecular weight is 623 g/mol. The number of nitrogens with zero attached hydrogens (tertiary/aromatic N) is 1. The molecule has 0 aliphatic carbocycles. The van der Waals surface area contributed by atoms with Crippen molar-refractivity contribution in [3.8, 4) is 0 Å². The molecule has 19 nitrogen and oxygen atoms in total. The lowest BCUT2D eigenvalue weighted by Gasteiger charge is -2.42. The fourth-order valence-corrected chi connectivity index (χ4v) is 8.73. The van der Waals surface area contributed by atoms with Crippen LogP contribution in [0.15, 0.2) is 21.9 Å². The van der Waals surface area contributed by atoms with Gasteiger partial charge in [0.15, 0.2) is 6.23 Å². The Morgan fingerprint density at radius 3 is 2.33 bits per heavy atom. The minimum absolute atomic E-state index is 0.146. The largest absolute Gasteiger partial charge is 0.480 e. The van der Waals surface area contributed by atoms with E-state index in [-0.39, 0.29) is 11.4 Å². The molecular formula is C17H27N3O16P2S. The van der Waals surface area contributed by atoms with Crippen molar-refractivity contribution in [2.45, 2.75) is 61.3 Å². The number of hydrogen-bond acceptors (Lipinski definition) is 15. The van der Waals surface area contributed by atoms with Crippen LogP contribution >= 0.6 is 26.0 Å². The van der Waals surface area contributed by atoms with Crippen molar-refractivity contribution in [2.24, 2.45) is 0 Å². The van der Waals surface area contributed by atoms with Gasteiger partial charge in [0, 0.05) is 19.2 Å². The van der Waals surface area contributed by atoms with Crippen LogP contribution in [0.1, 0.15) is 13.2 Å². The van der Waals surface area contributed by atoms with Crippen molar-refractivity contribution < 1.29 is 67.6 Å². The predicted octanol–water partition coefficient (Wildman–Crippen LogP) is -3.93. The Hall–Kier alpha value is -1.48. The topological polar surface area (TPSA) is 297 Å². The van der Waals surface area contributed by atoms with E-state index in [1.165, 1.54) is 0 Å². The molecular weight excluding hydrogens is 596 g/mol. The quantitative estimate of drug-likeness (QED) is 0.112. The third kappa shape index (κ3) is 7.84. The zero-order valence-electron chi connectivity index (χ0n) is 19.8. The maximum atomic E-state index is 12.6. The number of phosphoric ester groups is 1. The van der Waals surface area contributed by atoms with Crippen LogP contribution in [0.3, 0.4) is 0 Å². The lowest BCUT2D eigenvalue weighted by Crippen LogP contribution is -2.63. The summed E-state index contributed by atoms with van der Waals surface area (Å²) < 4.78 is 45.3. The first kappa shape index (κ1) is 32.0. The summed E-state index contributed by atoms with van der Waals surface area (Å²) in [5, 5.41) is 52.2. The molecule has 1 amide bonds. The van der Waals surface area contributed by atoms with Crippen LogP contribution in [0, 0.1) is 0 Å². The van der Waals surface area contributed by atoms with Crippen molar-refractivity contribution in [3.05, 3.63) is 33.1 Å². The zero-order chi connectivity index (χ0) is 29.3. The molecule has 0 spiro atoms. The van der Waals surface area contributed by atoms with Gasteiger partial charge in [0.25, 0.3) is 5.56 Å². The second-order valence-corrected chi connectivity index (χ2v) is 13.9. The Morgan fingerprint density at radius 1 is 1.10 bits per heavy atom. The number of hydrogen-bond donors (Lipinski definition) is 9. The third-order valence-electron chi connectivity index (χ3n) is 5.56. The molecule has 1 aromatic rings. The minimum Gasteiger partial charge on any atom is -0.394 e. The van der Waals surface area contributed by atoms with Crippen molar-refractivity contribution in [3.63, 3.8) is 0 Å². The molecule has 3 rings (SSSR count). The maximum Gasteiger partial charge on any atom is 0.480 e. The summed E-state index contributed by atoms with van der Waals surface area (Å²) in [4.78, 5) is 56.8. The van der Waals surface area contributed by atoms with E-state index >= 15 is 0 Å². The molecule has 3 heterocycles. The maximum absolute atomic E-state index is 12.6. The van der Waals surface area contributed by atoms with Crippen LogP contribution in [0.2, 0.25) is 0 Å². The highest BCUT2D eigenvalue weighted by atomic mass is 32.7. The average Bonchev–Trinajstić information content (AvgIpc) is 3.10. The number of H-pyrrole nitrogens is 1. The number of amides is 1. The Morgan fingerprint density at radius 2 is 1.74 bits per heavy atom. The summed E-state index contributed by atoms with van der Waals surface area (Å²) in [6, 6.07) is -0.570. The molecule has 1 aromatic heterocycles. The van der Waals surface area contributed by atoms with E-state index in [1.54, 1.807) is 0 Å². The smallest absolute Gasteiger partial charge is 0.394 e. The Balaban J connectivity index is 1.66. The summed E-state index contributed by atoms with van der Waals surface area (Å²) in [6.45, 7) is -5.99. The van der Waals surface area contributed by atoms with Crippen LogP contribution in [0.25, 0.3) is 0 Å². The van der Waals surface area contributed by atoms with Gasteiger partial charge in [-0.05, 0) is 11.4 Å². The number of aromatic amines is 1. The second-order valence-electron chi connectivity index (χ2n) is 8.42. The van der Waals surface area contributed by atoms with Crippen molar-refractivity contribution in [1.29, 1.82) is 0 Å². The summed E-state index contributed by atoms with van der Waals surface area (Å²) in [5.41, 5.74) is -3.39. The Labute approximate surface area is 222 Å². The van der Waals surface area contributed by atoms with E-state index in [2.05, 4.69) is 14.2 Å². The molecule has 2 aliphatic heterocycles. The van der Waals surface area contributed by atoms with Gasteiger partial charge in [-0.2, -0.15) is 4.31 Å². The van der Waals surface area contributed by atoms with E-state index in [1.807, 2.05) is 4.98 Å². The molecule has 39 heavy (non-hydrogen) atoms. The van der Waals surface area contributed by atoms with Gasteiger partial charge in [-0.1, -0.05) is 0 Å². The van der Waals surface area contributed by atoms with Crippen LogP contribution in [-0.2, 0) is 32.2 Å². The summed E-state index contributed by atoms with van der Waals surface area (Å²) in [5.74, 6) is -0.729. The summed E-state index contributed by atoms with van der Waals surface area (Å²) >= 11 is -0.146. The van der Waals surface area contributed by atoms with Gasteiger partial charge in [0.05, 0.1) is 19.3 Å². The molecule has 2 aliphatic rings. The van der Waals surface area contributed by atoms with Gasteiger partial charge in [0.2, 0.25) is 5.91 Å². The Kier molecular flexibility index (Phi) is 10.3. The second kappa shape index (κ2) is 12.6. The molecule has 0 aromatic carbocycles. The molecule has 3 unspecified atom stereocenters. The number of aliphatic hydroxyl groups is 5. The first-order chi connectivity index (χ1) is 18.0. The minimum atomic E-state index is -5.41. The van der Waals surface area contributed by atoms with Crippen molar-refractivity contribution in [1.82, 2.24) is 14.9 Å². The molecule has 222 valence electrons. The van der Waals surface area contributed by atoms with Crippen LogP contribution in [-0.4, -0.2) is 112 Å². The fraction of sp³-hybridized carbons (Fsp3) is 0.706. The van der Waals surface area contributed by atoms with Crippen molar-refractivity contribution in [2.75, 3.05) is 13.2 Å². The number of carbonyl (C=O) groups is 1. The highest BCUT2D eigenvalue weighted by molar-refractivity contribution is 8.55. The third-order valence-corrected chi connectivity index (χ3v) is 10.6. The SMILES string of the molecule is CC(=O)NC1[C@@H](SP(=O)(O)OP(=O)(O)OC[C@H]2O[C@@H](n3ccc(=O)[nH]c3=O)[C@H](O)[C@@H]2O)O[C@H](CO)[C@@H](O)[C@@H]1O. The lowest BCUT2D eigenvalue weighted by atomic mass is 9.98. The number of aliphatic hydroxyl groups excluding tert-OH is 5. The number of ether oxygens (including phenoxy) is 2. The first-order valence-electron chi connectivity index (χ1n) is 11.0.